The van der Waals surface area contributed by atoms with Crippen LogP contribution in [0.25, 0.3) is 0 Å². The average Bonchev–Trinajstić information content (AvgIpc) is 2.40. The summed E-state index contributed by atoms with van der Waals surface area (Å²) in [6, 6.07) is 7.03. The molecule has 0 aliphatic rings. The molecule has 1 unspecified atom stereocenters. The van der Waals surface area contributed by atoms with Gasteiger partial charge in [-0.15, -0.1) is 0 Å². The lowest BCUT2D eigenvalue weighted by molar-refractivity contribution is -0.148. The minimum absolute atomic E-state index is 0.152. The molecule has 5 nitrogen and oxygen atoms in total. The number of nitrogens with zero attached hydrogens (tertiary/aromatic N) is 1. The van der Waals surface area contributed by atoms with Gasteiger partial charge >= 0.3 is 5.97 Å². The van der Waals surface area contributed by atoms with E-state index < -0.39 is 24.5 Å². The number of benzene rings is 1. The molecule has 0 heterocycles. The number of esters is 1. The van der Waals surface area contributed by atoms with E-state index in [-0.39, 0.29) is 6.61 Å². The van der Waals surface area contributed by atoms with E-state index in [4.69, 9.17) is 21.6 Å². The van der Waals surface area contributed by atoms with Gasteiger partial charge in [-0.05, 0) is 19.1 Å². The van der Waals surface area contributed by atoms with E-state index in [1.165, 1.54) is 0 Å². The van der Waals surface area contributed by atoms with Crippen LogP contribution in [0.5, 0.6) is 0 Å². The van der Waals surface area contributed by atoms with Gasteiger partial charge in [0.1, 0.15) is 0 Å². The number of carbonyl (C=O) groups excluding carboxylic acids is 2. The number of carbonyl (C=O) groups is 2. The Balaban J connectivity index is 2.81. The Labute approximate surface area is 110 Å². The molecule has 0 aliphatic carbocycles. The van der Waals surface area contributed by atoms with Gasteiger partial charge in [0, 0.05) is 17.3 Å². The van der Waals surface area contributed by atoms with E-state index in [2.05, 4.69) is 0 Å². The zero-order valence-electron chi connectivity index (χ0n) is 9.88. The van der Waals surface area contributed by atoms with Crippen molar-refractivity contribution in [2.45, 2.75) is 13.0 Å². The summed E-state index contributed by atoms with van der Waals surface area (Å²) in [5, 5.41) is 9.11. The Morgan fingerprint density at radius 2 is 2.00 bits per heavy atom. The van der Waals surface area contributed by atoms with E-state index in [9.17, 15) is 9.59 Å². The predicted molar refractivity (Wildman–Crippen MR) is 66.0 cm³/mol. The standard InChI is InChI=1S/C12H14ClNO4/c1-2-18-12(17)10(8-15)14(13)11(16)9-6-4-3-5-7-9/h3-7,10,15H,2,8H2,1H3. The van der Waals surface area contributed by atoms with Crippen LogP contribution in [0.2, 0.25) is 0 Å². The molecule has 98 valence electrons. The van der Waals surface area contributed by atoms with Gasteiger partial charge in [0.05, 0.1) is 13.2 Å². The molecule has 6 heteroatoms. The molecule has 0 saturated heterocycles. The van der Waals surface area contributed by atoms with Crippen LogP contribution >= 0.6 is 11.8 Å². The zero-order valence-corrected chi connectivity index (χ0v) is 10.6. The molecule has 1 aromatic rings. The third kappa shape index (κ3) is 3.45. The quantitative estimate of drug-likeness (QED) is 0.646. The van der Waals surface area contributed by atoms with Gasteiger partial charge in [-0.2, -0.15) is 0 Å². The monoisotopic (exact) mass is 271 g/mol. The van der Waals surface area contributed by atoms with Crippen molar-refractivity contribution in [3.63, 3.8) is 0 Å². The topological polar surface area (TPSA) is 66.8 Å². The highest BCUT2D eigenvalue weighted by Gasteiger charge is 2.30. The first-order valence-electron chi connectivity index (χ1n) is 5.43. The number of amides is 1. The molecule has 0 radical (unpaired) electrons. The fraction of sp³-hybridized carbons (Fsp3) is 0.333. The van der Waals surface area contributed by atoms with E-state index in [0.29, 0.717) is 9.98 Å². The van der Waals surface area contributed by atoms with Crippen molar-refractivity contribution in [2.24, 2.45) is 0 Å². The Bertz CT molecular complexity index is 410. The van der Waals surface area contributed by atoms with Crippen molar-refractivity contribution in [1.29, 1.82) is 0 Å². The summed E-state index contributed by atoms with van der Waals surface area (Å²) < 4.78 is 5.38. The van der Waals surface area contributed by atoms with Crippen LogP contribution in [0.1, 0.15) is 17.3 Å². The maximum Gasteiger partial charge on any atom is 0.332 e. The van der Waals surface area contributed by atoms with Crippen molar-refractivity contribution >= 4 is 23.7 Å². The highest BCUT2D eigenvalue weighted by atomic mass is 35.5. The minimum atomic E-state index is -1.21. The van der Waals surface area contributed by atoms with E-state index in [1.54, 1.807) is 37.3 Å². The van der Waals surface area contributed by atoms with Crippen LogP contribution in [0.3, 0.4) is 0 Å². The molecule has 0 aliphatic heterocycles. The number of ether oxygens (including phenoxy) is 1. The van der Waals surface area contributed by atoms with Gasteiger partial charge in [0.25, 0.3) is 5.91 Å². The molecule has 1 aromatic carbocycles. The van der Waals surface area contributed by atoms with Gasteiger partial charge in [0.2, 0.25) is 0 Å². The minimum Gasteiger partial charge on any atom is -0.464 e. The summed E-state index contributed by atoms with van der Waals surface area (Å²) in [7, 11) is 0. The molecular formula is C12H14ClNO4. The highest BCUT2D eigenvalue weighted by Crippen LogP contribution is 2.12. The summed E-state index contributed by atoms with van der Waals surface area (Å²) >= 11 is 5.79. The largest absolute Gasteiger partial charge is 0.464 e. The molecule has 0 saturated carbocycles. The van der Waals surface area contributed by atoms with Gasteiger partial charge in [-0.1, -0.05) is 18.2 Å². The lowest BCUT2D eigenvalue weighted by Crippen LogP contribution is -2.42. The number of hydrogen-bond acceptors (Lipinski definition) is 4. The maximum atomic E-state index is 11.9. The first-order chi connectivity index (χ1) is 8.61. The van der Waals surface area contributed by atoms with E-state index in [1.807, 2.05) is 0 Å². The zero-order chi connectivity index (χ0) is 13.5. The van der Waals surface area contributed by atoms with Crippen LogP contribution in [0, 0.1) is 0 Å². The Kier molecular flexibility index (Phi) is 5.61. The first kappa shape index (κ1) is 14.5. The van der Waals surface area contributed by atoms with Crippen LogP contribution in [-0.4, -0.2) is 40.7 Å². The molecule has 0 aromatic heterocycles. The third-order valence-corrected chi connectivity index (χ3v) is 2.61. The third-order valence-electron chi connectivity index (χ3n) is 2.22. The molecule has 1 amide bonds. The van der Waals surface area contributed by atoms with Crippen molar-refractivity contribution in [3.05, 3.63) is 35.9 Å². The Morgan fingerprint density at radius 3 is 2.50 bits per heavy atom. The summed E-state index contributed by atoms with van der Waals surface area (Å²) in [6.45, 7) is 1.18. The molecule has 0 fully saturated rings. The highest BCUT2D eigenvalue weighted by molar-refractivity contribution is 6.25. The molecule has 0 bridgehead atoms. The molecule has 0 spiro atoms. The molecule has 1 N–H and O–H groups in total. The van der Waals surface area contributed by atoms with E-state index in [0.717, 1.165) is 0 Å². The van der Waals surface area contributed by atoms with E-state index >= 15 is 0 Å². The molecule has 1 atom stereocenters. The van der Waals surface area contributed by atoms with Gasteiger partial charge in [0.15, 0.2) is 6.04 Å². The molecule has 1 rings (SSSR count). The van der Waals surface area contributed by atoms with Crippen LogP contribution in [0.4, 0.5) is 0 Å². The first-order valence-corrected chi connectivity index (χ1v) is 5.77. The normalized spacial score (nSPS) is 11.7. The summed E-state index contributed by atoms with van der Waals surface area (Å²) in [5.41, 5.74) is 0.329. The molecular weight excluding hydrogens is 258 g/mol. The number of aliphatic hydroxyl groups excluding tert-OH is 1. The van der Waals surface area contributed by atoms with Crippen molar-refractivity contribution in [2.75, 3.05) is 13.2 Å². The smallest absolute Gasteiger partial charge is 0.332 e. The van der Waals surface area contributed by atoms with Gasteiger partial charge < -0.3 is 9.84 Å². The van der Waals surface area contributed by atoms with Gasteiger partial charge in [-0.25, -0.2) is 9.21 Å². The summed E-state index contributed by atoms with van der Waals surface area (Å²) in [6.07, 6.45) is 0. The maximum absolute atomic E-state index is 11.9. The second-order valence-electron chi connectivity index (χ2n) is 3.43. The van der Waals surface area contributed by atoms with Crippen LogP contribution in [-0.2, 0) is 9.53 Å². The lowest BCUT2D eigenvalue weighted by Gasteiger charge is -2.21. The second-order valence-corrected chi connectivity index (χ2v) is 3.80. The Hall–Kier alpha value is -1.59. The number of rotatable bonds is 5. The lowest BCUT2D eigenvalue weighted by atomic mass is 10.2. The number of aliphatic hydroxyl groups is 1. The van der Waals surface area contributed by atoms with Crippen LogP contribution < -0.4 is 0 Å². The average molecular weight is 272 g/mol. The number of halogens is 1. The predicted octanol–water partition coefficient (Wildman–Crippen LogP) is 1.21. The second kappa shape index (κ2) is 6.98. The van der Waals surface area contributed by atoms with Gasteiger partial charge in [-0.3, -0.25) is 4.79 Å². The fourth-order valence-electron chi connectivity index (χ4n) is 1.32. The van der Waals surface area contributed by atoms with Crippen molar-refractivity contribution in [1.82, 2.24) is 4.42 Å². The van der Waals surface area contributed by atoms with Crippen molar-refractivity contribution in [3.8, 4) is 0 Å². The SMILES string of the molecule is CCOC(=O)C(CO)N(Cl)C(=O)c1ccccc1. The Morgan fingerprint density at radius 1 is 1.39 bits per heavy atom. The van der Waals surface area contributed by atoms with Crippen molar-refractivity contribution < 1.29 is 19.4 Å². The summed E-state index contributed by atoms with van der Waals surface area (Å²) in [5.74, 6) is -1.30. The fourth-order valence-corrected chi connectivity index (χ4v) is 1.56. The summed E-state index contributed by atoms with van der Waals surface area (Å²) in [4.78, 5) is 23.4. The molecule has 18 heavy (non-hydrogen) atoms. The number of hydrogen-bond donors (Lipinski definition) is 1. The van der Waals surface area contributed by atoms with Crippen LogP contribution in [0.15, 0.2) is 30.3 Å².